The van der Waals surface area contributed by atoms with Crippen molar-refractivity contribution < 1.29 is 9.59 Å². The summed E-state index contributed by atoms with van der Waals surface area (Å²) in [5.74, 6) is 0.0707. The van der Waals surface area contributed by atoms with Gasteiger partial charge in [0.25, 0.3) is 0 Å². The van der Waals surface area contributed by atoms with E-state index in [1.54, 1.807) is 6.92 Å². The van der Waals surface area contributed by atoms with Crippen LogP contribution in [0.4, 0.5) is 5.69 Å². The van der Waals surface area contributed by atoms with E-state index in [0.717, 1.165) is 25.3 Å². The Kier molecular flexibility index (Phi) is 5.63. The molecule has 2 saturated heterocycles. The molecule has 2 aliphatic rings. The second-order valence-electron chi connectivity index (χ2n) is 7.03. The molecule has 5 heteroatoms. The fourth-order valence-electron chi connectivity index (χ4n) is 3.60. The molecule has 2 N–H and O–H groups in total. The molecule has 1 amide bonds. The van der Waals surface area contributed by atoms with Crippen LogP contribution in [-0.4, -0.2) is 42.3 Å². The van der Waals surface area contributed by atoms with Gasteiger partial charge in [-0.25, -0.2) is 0 Å². The highest BCUT2D eigenvalue weighted by atomic mass is 16.2. The lowest BCUT2D eigenvalue weighted by atomic mass is 10.0. The quantitative estimate of drug-likeness (QED) is 0.869. The first kappa shape index (κ1) is 17.1. The highest BCUT2D eigenvalue weighted by molar-refractivity contribution is 5.95. The zero-order valence-electron chi connectivity index (χ0n) is 14.4. The van der Waals surface area contributed by atoms with E-state index < -0.39 is 0 Å². The molecule has 0 radical (unpaired) electrons. The summed E-state index contributed by atoms with van der Waals surface area (Å²) in [6.45, 7) is 5.46. The Hall–Kier alpha value is -1.72. The zero-order valence-corrected chi connectivity index (χ0v) is 14.4. The van der Waals surface area contributed by atoms with Gasteiger partial charge in [0.2, 0.25) is 5.91 Å². The van der Waals surface area contributed by atoms with Gasteiger partial charge in [-0.2, -0.15) is 0 Å². The average molecular weight is 329 g/mol. The summed E-state index contributed by atoms with van der Waals surface area (Å²) < 4.78 is 0. The normalized spacial score (nSPS) is 24.7. The maximum Gasteiger partial charge on any atom is 0.241 e. The second-order valence-corrected chi connectivity index (χ2v) is 7.03. The van der Waals surface area contributed by atoms with Crippen molar-refractivity contribution in [3.05, 3.63) is 29.8 Å². The largest absolute Gasteiger partial charge is 0.325 e. The standard InChI is InChI=1S/C19H27N3O2/c1-14(23)16-11-18(20-12-16)19(24)21-17-7-5-6-15(10-17)13-22-8-3-2-4-9-22/h5-7,10,16,18,20H,2-4,8-9,11-13H2,1H3,(H,21,24). The van der Waals surface area contributed by atoms with Crippen molar-refractivity contribution in [2.45, 2.75) is 45.2 Å². The molecule has 2 heterocycles. The highest BCUT2D eigenvalue weighted by Gasteiger charge is 2.31. The van der Waals surface area contributed by atoms with Crippen LogP contribution in [0.25, 0.3) is 0 Å². The number of nitrogens with zero attached hydrogens (tertiary/aromatic N) is 1. The number of rotatable bonds is 5. The molecule has 2 fully saturated rings. The Balaban J connectivity index is 1.56. The Morgan fingerprint density at radius 3 is 2.75 bits per heavy atom. The van der Waals surface area contributed by atoms with Gasteiger partial charge >= 0.3 is 0 Å². The molecule has 24 heavy (non-hydrogen) atoms. The van der Waals surface area contributed by atoms with Gasteiger partial charge < -0.3 is 10.6 Å². The number of ketones is 1. The Morgan fingerprint density at radius 2 is 2.04 bits per heavy atom. The molecule has 2 aliphatic heterocycles. The van der Waals surface area contributed by atoms with Crippen molar-refractivity contribution in [3.8, 4) is 0 Å². The number of likely N-dealkylation sites (tertiary alicyclic amines) is 1. The monoisotopic (exact) mass is 329 g/mol. The van der Waals surface area contributed by atoms with Gasteiger partial charge in [-0.05, 0) is 57.0 Å². The van der Waals surface area contributed by atoms with Crippen LogP contribution in [0.15, 0.2) is 24.3 Å². The summed E-state index contributed by atoms with van der Waals surface area (Å²) in [6, 6.07) is 7.82. The minimum absolute atomic E-state index is 0.0359. The molecule has 0 spiro atoms. The van der Waals surface area contributed by atoms with Crippen molar-refractivity contribution in [1.82, 2.24) is 10.2 Å². The highest BCUT2D eigenvalue weighted by Crippen LogP contribution is 2.19. The molecule has 5 nitrogen and oxygen atoms in total. The molecule has 1 aromatic carbocycles. The van der Waals surface area contributed by atoms with E-state index in [0.29, 0.717) is 13.0 Å². The van der Waals surface area contributed by atoms with Gasteiger partial charge in [0.1, 0.15) is 5.78 Å². The first-order chi connectivity index (χ1) is 11.6. The van der Waals surface area contributed by atoms with E-state index in [1.807, 2.05) is 12.1 Å². The lowest BCUT2D eigenvalue weighted by Gasteiger charge is -2.26. The van der Waals surface area contributed by atoms with E-state index in [4.69, 9.17) is 0 Å². The number of hydrogen-bond acceptors (Lipinski definition) is 4. The van der Waals surface area contributed by atoms with E-state index >= 15 is 0 Å². The summed E-state index contributed by atoms with van der Waals surface area (Å²) >= 11 is 0. The van der Waals surface area contributed by atoms with Crippen LogP contribution in [-0.2, 0) is 16.1 Å². The van der Waals surface area contributed by atoms with Gasteiger partial charge in [-0.1, -0.05) is 18.6 Å². The SMILES string of the molecule is CC(=O)C1CNC(C(=O)Nc2cccc(CN3CCCCC3)c2)C1. The van der Waals surface area contributed by atoms with Crippen LogP contribution in [0.5, 0.6) is 0 Å². The van der Waals surface area contributed by atoms with Gasteiger partial charge in [0.15, 0.2) is 0 Å². The minimum Gasteiger partial charge on any atom is -0.325 e. The Morgan fingerprint density at radius 1 is 1.25 bits per heavy atom. The average Bonchev–Trinajstić information content (AvgIpc) is 3.06. The molecule has 130 valence electrons. The molecule has 1 aromatic rings. The van der Waals surface area contributed by atoms with E-state index in [2.05, 4.69) is 27.7 Å². The number of anilines is 1. The topological polar surface area (TPSA) is 61.4 Å². The van der Waals surface area contributed by atoms with Crippen LogP contribution in [0.1, 0.15) is 38.2 Å². The van der Waals surface area contributed by atoms with Crippen LogP contribution in [0, 0.1) is 5.92 Å². The number of Topliss-reactive ketones (excluding diaryl/α,β-unsaturated/α-hetero) is 1. The maximum atomic E-state index is 12.4. The van der Waals surface area contributed by atoms with Crippen LogP contribution < -0.4 is 10.6 Å². The third kappa shape index (κ3) is 4.42. The van der Waals surface area contributed by atoms with Crippen molar-refractivity contribution in [3.63, 3.8) is 0 Å². The smallest absolute Gasteiger partial charge is 0.241 e. The van der Waals surface area contributed by atoms with E-state index in [9.17, 15) is 9.59 Å². The summed E-state index contributed by atoms with van der Waals surface area (Å²) in [4.78, 5) is 26.3. The molecule has 3 rings (SSSR count). The summed E-state index contributed by atoms with van der Waals surface area (Å²) in [6.07, 6.45) is 4.49. The molecule has 0 aromatic heterocycles. The number of benzene rings is 1. The number of carbonyl (C=O) groups excluding carboxylic acids is 2. The number of hydrogen-bond donors (Lipinski definition) is 2. The number of carbonyl (C=O) groups is 2. The third-order valence-corrected chi connectivity index (χ3v) is 5.07. The predicted octanol–water partition coefficient (Wildman–Crippen LogP) is 2.18. The van der Waals surface area contributed by atoms with E-state index in [-0.39, 0.29) is 23.7 Å². The van der Waals surface area contributed by atoms with Crippen LogP contribution in [0.2, 0.25) is 0 Å². The van der Waals surface area contributed by atoms with Gasteiger partial charge in [-0.3, -0.25) is 14.5 Å². The lowest BCUT2D eigenvalue weighted by Crippen LogP contribution is -2.35. The second kappa shape index (κ2) is 7.90. The fourth-order valence-corrected chi connectivity index (χ4v) is 3.60. The number of amides is 1. The molecule has 0 bridgehead atoms. The molecular formula is C19H27N3O2. The van der Waals surface area contributed by atoms with E-state index in [1.165, 1.54) is 24.8 Å². The summed E-state index contributed by atoms with van der Waals surface area (Å²) in [5.41, 5.74) is 2.07. The molecule has 2 unspecified atom stereocenters. The van der Waals surface area contributed by atoms with Crippen LogP contribution in [0.3, 0.4) is 0 Å². The van der Waals surface area contributed by atoms with Crippen molar-refractivity contribution in [2.75, 3.05) is 25.0 Å². The first-order valence-corrected chi connectivity index (χ1v) is 8.98. The summed E-state index contributed by atoms with van der Waals surface area (Å²) in [5, 5.41) is 6.14. The van der Waals surface area contributed by atoms with Gasteiger partial charge in [0.05, 0.1) is 6.04 Å². The Labute approximate surface area is 143 Å². The minimum atomic E-state index is -0.273. The number of nitrogens with one attached hydrogen (secondary N) is 2. The lowest BCUT2D eigenvalue weighted by molar-refractivity contribution is -0.120. The number of piperidine rings is 1. The molecular weight excluding hydrogens is 302 g/mol. The van der Waals surface area contributed by atoms with Gasteiger partial charge in [-0.15, -0.1) is 0 Å². The van der Waals surface area contributed by atoms with Crippen molar-refractivity contribution >= 4 is 17.4 Å². The predicted molar refractivity (Wildman–Crippen MR) is 94.8 cm³/mol. The summed E-state index contributed by atoms with van der Waals surface area (Å²) in [7, 11) is 0. The molecule has 0 saturated carbocycles. The molecule has 2 atom stereocenters. The van der Waals surface area contributed by atoms with Crippen molar-refractivity contribution in [2.24, 2.45) is 5.92 Å². The van der Waals surface area contributed by atoms with Gasteiger partial charge in [0, 0.05) is 24.7 Å². The zero-order chi connectivity index (χ0) is 16.9. The fraction of sp³-hybridized carbons (Fsp3) is 0.579. The Bertz CT molecular complexity index is 596. The van der Waals surface area contributed by atoms with Crippen LogP contribution >= 0.6 is 0 Å². The van der Waals surface area contributed by atoms with Crippen molar-refractivity contribution in [1.29, 1.82) is 0 Å². The maximum absolute atomic E-state index is 12.4. The molecule has 0 aliphatic carbocycles. The third-order valence-electron chi connectivity index (χ3n) is 5.07. The first-order valence-electron chi connectivity index (χ1n) is 8.98.